The summed E-state index contributed by atoms with van der Waals surface area (Å²) in [5, 5.41) is 0. The number of carbonyl (C=O) groups is 3. The number of nitrogens with zero attached hydrogens (tertiary/aromatic N) is 3. The summed E-state index contributed by atoms with van der Waals surface area (Å²) >= 11 is 0. The molecule has 122 valence electrons. The number of aldehydes is 1. The maximum absolute atomic E-state index is 12.5. The van der Waals surface area contributed by atoms with Crippen molar-refractivity contribution in [3.05, 3.63) is 66.4 Å². The van der Waals surface area contributed by atoms with E-state index in [1.807, 2.05) is 30.3 Å². The van der Waals surface area contributed by atoms with Gasteiger partial charge in [-0.1, -0.05) is 36.4 Å². The lowest BCUT2D eigenvalue weighted by Gasteiger charge is -2.23. The predicted molar refractivity (Wildman–Crippen MR) is 91.3 cm³/mol. The number of hydrogen-bond donors (Lipinski definition) is 0. The summed E-state index contributed by atoms with van der Waals surface area (Å²) < 4.78 is 0. The zero-order valence-electron chi connectivity index (χ0n) is 13.2. The van der Waals surface area contributed by atoms with Gasteiger partial charge >= 0.3 is 6.03 Å². The Morgan fingerprint density at radius 3 is 2.42 bits per heavy atom. The summed E-state index contributed by atoms with van der Waals surface area (Å²) in [5.41, 5.74) is 0.822. The summed E-state index contributed by atoms with van der Waals surface area (Å²) in [6, 6.07) is 13.7. The molecule has 0 radical (unpaired) electrons. The van der Waals surface area contributed by atoms with Crippen molar-refractivity contribution in [1.29, 1.82) is 0 Å². The minimum Gasteiger partial charge on any atom is -0.301 e. The zero-order chi connectivity index (χ0) is 17.4. The second-order valence-electron chi connectivity index (χ2n) is 4.89. The van der Waals surface area contributed by atoms with Crippen LogP contribution in [0.1, 0.15) is 5.56 Å². The van der Waals surface area contributed by atoms with Crippen molar-refractivity contribution in [1.82, 2.24) is 9.88 Å². The number of pyridine rings is 1. The molecule has 1 heterocycles. The van der Waals surface area contributed by atoms with Crippen molar-refractivity contribution >= 4 is 30.1 Å². The third-order valence-electron chi connectivity index (χ3n) is 3.25. The number of carbonyl (C=O) groups excluding carboxylic acids is 3. The third kappa shape index (κ3) is 4.36. The monoisotopic (exact) mass is 323 g/mol. The van der Waals surface area contributed by atoms with E-state index in [4.69, 9.17) is 0 Å². The van der Waals surface area contributed by atoms with Crippen LogP contribution in [-0.2, 0) is 9.59 Å². The van der Waals surface area contributed by atoms with Crippen LogP contribution in [0.4, 0.5) is 10.6 Å². The fraction of sp³-hybridized carbons (Fsp3) is 0.111. The molecule has 0 fully saturated rings. The molecule has 1 aromatic carbocycles. The van der Waals surface area contributed by atoms with E-state index in [-0.39, 0.29) is 6.54 Å². The number of imide groups is 1. The molecule has 0 bridgehead atoms. The number of rotatable bonds is 5. The molecule has 2 aromatic rings. The lowest BCUT2D eigenvalue weighted by molar-refractivity contribution is -0.125. The second kappa shape index (κ2) is 8.38. The predicted octanol–water partition coefficient (Wildman–Crippen LogP) is 2.38. The normalized spacial score (nSPS) is 10.4. The molecule has 6 nitrogen and oxygen atoms in total. The molecule has 0 atom stereocenters. The fourth-order valence-corrected chi connectivity index (χ4v) is 1.99. The topological polar surface area (TPSA) is 70.6 Å². The van der Waals surface area contributed by atoms with E-state index in [9.17, 15) is 14.4 Å². The zero-order valence-corrected chi connectivity index (χ0v) is 13.2. The molecule has 0 aliphatic carbocycles. The molecular weight excluding hydrogens is 306 g/mol. The van der Waals surface area contributed by atoms with Crippen molar-refractivity contribution in [2.45, 2.75) is 0 Å². The van der Waals surface area contributed by atoms with Gasteiger partial charge in [-0.15, -0.1) is 0 Å². The smallest absolute Gasteiger partial charge is 0.301 e. The Bertz CT molecular complexity index is 730. The van der Waals surface area contributed by atoms with Crippen LogP contribution in [0.2, 0.25) is 0 Å². The molecule has 0 spiro atoms. The summed E-state index contributed by atoms with van der Waals surface area (Å²) in [4.78, 5) is 41.8. The van der Waals surface area contributed by atoms with Crippen molar-refractivity contribution in [2.24, 2.45) is 0 Å². The molecule has 24 heavy (non-hydrogen) atoms. The first-order valence-electron chi connectivity index (χ1n) is 7.30. The van der Waals surface area contributed by atoms with Gasteiger partial charge in [0, 0.05) is 19.3 Å². The highest BCUT2D eigenvalue weighted by molar-refractivity contribution is 6.08. The highest BCUT2D eigenvalue weighted by Gasteiger charge is 2.24. The first-order chi connectivity index (χ1) is 11.6. The van der Waals surface area contributed by atoms with E-state index in [0.29, 0.717) is 12.1 Å². The van der Waals surface area contributed by atoms with Crippen LogP contribution in [0.25, 0.3) is 6.08 Å². The Kier molecular flexibility index (Phi) is 5.96. The minimum absolute atomic E-state index is 0.325. The van der Waals surface area contributed by atoms with Crippen molar-refractivity contribution < 1.29 is 14.4 Å². The van der Waals surface area contributed by atoms with Crippen LogP contribution in [0, 0.1) is 0 Å². The summed E-state index contributed by atoms with van der Waals surface area (Å²) in [6.07, 6.45) is 4.91. The van der Waals surface area contributed by atoms with E-state index >= 15 is 0 Å². The first kappa shape index (κ1) is 17.1. The van der Waals surface area contributed by atoms with Crippen LogP contribution < -0.4 is 4.90 Å². The largest absolute Gasteiger partial charge is 0.332 e. The number of urea groups is 1. The van der Waals surface area contributed by atoms with Gasteiger partial charge in [-0.2, -0.15) is 0 Å². The first-order valence-corrected chi connectivity index (χ1v) is 7.30. The molecular formula is C18H17N3O3. The van der Waals surface area contributed by atoms with Gasteiger partial charge in [-0.05, 0) is 23.8 Å². The molecule has 0 N–H and O–H groups in total. The molecule has 6 heteroatoms. The van der Waals surface area contributed by atoms with Gasteiger partial charge in [0.1, 0.15) is 12.1 Å². The standard InChI is InChI=1S/C18H17N3O3/c1-20(16-9-5-6-12-19-16)18(24)21(13-14-22)17(23)11-10-15-7-3-2-4-8-15/h2-12,14H,13H2,1H3. The number of amides is 3. The van der Waals surface area contributed by atoms with Gasteiger partial charge in [0.05, 0.1) is 6.54 Å². The molecule has 0 saturated carbocycles. The number of hydrogen-bond acceptors (Lipinski definition) is 4. The van der Waals surface area contributed by atoms with Crippen LogP contribution in [0.15, 0.2) is 60.8 Å². The minimum atomic E-state index is -0.622. The lowest BCUT2D eigenvalue weighted by atomic mass is 10.2. The van der Waals surface area contributed by atoms with Crippen LogP contribution in [0.3, 0.4) is 0 Å². The van der Waals surface area contributed by atoms with E-state index < -0.39 is 11.9 Å². The molecule has 0 aliphatic rings. The van der Waals surface area contributed by atoms with Gasteiger partial charge in [0.25, 0.3) is 5.91 Å². The van der Waals surface area contributed by atoms with E-state index in [2.05, 4.69) is 4.98 Å². The van der Waals surface area contributed by atoms with Crippen molar-refractivity contribution in [3.63, 3.8) is 0 Å². The Labute approximate surface area is 140 Å². The quantitative estimate of drug-likeness (QED) is 0.626. The number of benzene rings is 1. The number of aromatic nitrogens is 1. The Balaban J connectivity index is 2.15. The summed E-state index contributed by atoms with van der Waals surface area (Å²) in [7, 11) is 1.50. The van der Waals surface area contributed by atoms with Crippen LogP contribution in [0.5, 0.6) is 0 Å². The third-order valence-corrected chi connectivity index (χ3v) is 3.25. The van der Waals surface area contributed by atoms with Gasteiger partial charge in [-0.25, -0.2) is 9.78 Å². The Morgan fingerprint density at radius 2 is 1.79 bits per heavy atom. The summed E-state index contributed by atoms with van der Waals surface area (Å²) in [6.45, 7) is -0.325. The highest BCUT2D eigenvalue weighted by Crippen LogP contribution is 2.10. The van der Waals surface area contributed by atoms with Crippen molar-refractivity contribution in [3.8, 4) is 0 Å². The molecule has 3 amide bonds. The summed E-state index contributed by atoms with van der Waals surface area (Å²) in [5.74, 6) is -0.183. The van der Waals surface area contributed by atoms with Crippen molar-refractivity contribution in [2.75, 3.05) is 18.5 Å². The molecule has 1 aromatic heterocycles. The van der Waals surface area contributed by atoms with E-state index in [1.54, 1.807) is 30.5 Å². The molecule has 2 rings (SSSR count). The number of anilines is 1. The maximum atomic E-state index is 12.5. The van der Waals surface area contributed by atoms with Gasteiger partial charge in [-0.3, -0.25) is 14.6 Å². The van der Waals surface area contributed by atoms with Gasteiger partial charge in [0.15, 0.2) is 0 Å². The fourth-order valence-electron chi connectivity index (χ4n) is 1.99. The lowest BCUT2D eigenvalue weighted by Crippen LogP contribution is -2.45. The van der Waals surface area contributed by atoms with E-state index in [0.717, 1.165) is 10.5 Å². The van der Waals surface area contributed by atoms with E-state index in [1.165, 1.54) is 18.0 Å². The molecule has 0 unspecified atom stereocenters. The molecule has 0 aliphatic heterocycles. The Hall–Kier alpha value is -3.28. The molecule has 0 saturated heterocycles. The SMILES string of the molecule is CN(C(=O)N(CC=O)C(=O)C=Cc1ccccc1)c1ccccn1. The Morgan fingerprint density at radius 1 is 1.08 bits per heavy atom. The van der Waals surface area contributed by atoms with Crippen LogP contribution in [-0.4, -0.2) is 41.7 Å². The van der Waals surface area contributed by atoms with Gasteiger partial charge in [0.2, 0.25) is 0 Å². The highest BCUT2D eigenvalue weighted by atomic mass is 16.2. The second-order valence-corrected chi connectivity index (χ2v) is 4.89. The average Bonchev–Trinajstić information content (AvgIpc) is 2.64. The van der Waals surface area contributed by atoms with Gasteiger partial charge < -0.3 is 4.79 Å². The van der Waals surface area contributed by atoms with Crippen LogP contribution >= 0.6 is 0 Å². The maximum Gasteiger partial charge on any atom is 0.332 e. The average molecular weight is 323 g/mol.